The van der Waals surface area contributed by atoms with Gasteiger partial charge in [0, 0.05) is 16.6 Å². The SMILES string of the molecule is CC(C)c1ncnn1-c1ccc(Br)cn1. The molecule has 0 bridgehead atoms. The van der Waals surface area contributed by atoms with Gasteiger partial charge in [0.2, 0.25) is 0 Å². The van der Waals surface area contributed by atoms with Gasteiger partial charge in [0.25, 0.3) is 0 Å². The highest BCUT2D eigenvalue weighted by Crippen LogP contribution is 2.15. The van der Waals surface area contributed by atoms with E-state index in [0.29, 0.717) is 5.92 Å². The number of hydrogen-bond donors (Lipinski definition) is 0. The molecule has 2 aromatic rings. The molecule has 0 aliphatic heterocycles. The van der Waals surface area contributed by atoms with E-state index in [0.717, 1.165) is 16.1 Å². The Morgan fingerprint density at radius 1 is 1.27 bits per heavy atom. The van der Waals surface area contributed by atoms with Crippen LogP contribution in [0, 0.1) is 0 Å². The first-order valence-electron chi connectivity index (χ1n) is 4.70. The fraction of sp³-hybridized carbons (Fsp3) is 0.300. The topological polar surface area (TPSA) is 43.6 Å². The second-order valence-corrected chi connectivity index (χ2v) is 4.44. The van der Waals surface area contributed by atoms with E-state index in [4.69, 9.17) is 0 Å². The molecule has 2 aromatic heterocycles. The van der Waals surface area contributed by atoms with Gasteiger partial charge in [0.05, 0.1) is 0 Å². The van der Waals surface area contributed by atoms with Crippen LogP contribution in [0.2, 0.25) is 0 Å². The summed E-state index contributed by atoms with van der Waals surface area (Å²) in [5.41, 5.74) is 0. The van der Waals surface area contributed by atoms with Crippen LogP contribution in [-0.4, -0.2) is 19.7 Å². The quantitative estimate of drug-likeness (QED) is 0.839. The minimum absolute atomic E-state index is 0.331. The molecule has 2 heterocycles. The summed E-state index contributed by atoms with van der Waals surface area (Å²) < 4.78 is 2.72. The van der Waals surface area contributed by atoms with E-state index in [1.165, 1.54) is 0 Å². The molecule has 0 aromatic carbocycles. The van der Waals surface area contributed by atoms with Crippen LogP contribution >= 0.6 is 15.9 Å². The predicted molar refractivity (Wildman–Crippen MR) is 60.9 cm³/mol. The molecule has 4 nitrogen and oxygen atoms in total. The maximum atomic E-state index is 4.28. The lowest BCUT2D eigenvalue weighted by atomic mass is 10.2. The predicted octanol–water partition coefficient (Wildman–Crippen LogP) is 2.55. The largest absolute Gasteiger partial charge is 0.236 e. The van der Waals surface area contributed by atoms with Crippen molar-refractivity contribution >= 4 is 15.9 Å². The summed E-state index contributed by atoms with van der Waals surface area (Å²) in [6.07, 6.45) is 3.31. The lowest BCUT2D eigenvalue weighted by molar-refractivity contribution is 0.702. The van der Waals surface area contributed by atoms with E-state index < -0.39 is 0 Å². The second kappa shape index (κ2) is 4.10. The summed E-state index contributed by atoms with van der Waals surface area (Å²) in [6.45, 7) is 4.17. The molecular formula is C10H11BrN4. The normalized spacial score (nSPS) is 10.9. The molecule has 5 heteroatoms. The van der Waals surface area contributed by atoms with Gasteiger partial charge in [-0.2, -0.15) is 9.78 Å². The lowest BCUT2D eigenvalue weighted by Gasteiger charge is -2.06. The Labute approximate surface area is 96.5 Å². The fourth-order valence-corrected chi connectivity index (χ4v) is 1.55. The van der Waals surface area contributed by atoms with Crippen molar-refractivity contribution in [3.63, 3.8) is 0 Å². The van der Waals surface area contributed by atoms with Crippen molar-refractivity contribution < 1.29 is 0 Å². The third-order valence-corrected chi connectivity index (χ3v) is 2.49. The van der Waals surface area contributed by atoms with Crippen molar-refractivity contribution in [2.24, 2.45) is 0 Å². The molecule has 0 fully saturated rings. The van der Waals surface area contributed by atoms with E-state index in [1.807, 2.05) is 12.1 Å². The summed E-state index contributed by atoms with van der Waals surface area (Å²) in [5.74, 6) is 2.04. The second-order valence-electron chi connectivity index (χ2n) is 3.52. The van der Waals surface area contributed by atoms with Gasteiger partial charge in [-0.15, -0.1) is 0 Å². The molecule has 78 valence electrons. The van der Waals surface area contributed by atoms with Gasteiger partial charge in [-0.25, -0.2) is 9.97 Å². The lowest BCUT2D eigenvalue weighted by Crippen LogP contribution is -2.06. The zero-order valence-corrected chi connectivity index (χ0v) is 10.1. The van der Waals surface area contributed by atoms with Crippen LogP contribution in [0.4, 0.5) is 0 Å². The van der Waals surface area contributed by atoms with Crippen LogP contribution in [0.5, 0.6) is 0 Å². The highest BCUT2D eigenvalue weighted by atomic mass is 79.9. The maximum absolute atomic E-state index is 4.28. The van der Waals surface area contributed by atoms with Crippen LogP contribution in [0.3, 0.4) is 0 Å². The molecule has 0 aliphatic carbocycles. The van der Waals surface area contributed by atoms with Crippen molar-refractivity contribution in [3.05, 3.63) is 35.0 Å². The third-order valence-electron chi connectivity index (χ3n) is 2.02. The highest BCUT2D eigenvalue weighted by molar-refractivity contribution is 9.10. The van der Waals surface area contributed by atoms with Crippen molar-refractivity contribution in [2.75, 3.05) is 0 Å². The van der Waals surface area contributed by atoms with Crippen molar-refractivity contribution in [1.29, 1.82) is 0 Å². The Kier molecular flexibility index (Phi) is 2.81. The number of hydrogen-bond acceptors (Lipinski definition) is 3. The first-order valence-corrected chi connectivity index (χ1v) is 5.49. The molecule has 0 saturated carbocycles. The molecule has 0 unspecified atom stereocenters. The Morgan fingerprint density at radius 3 is 2.67 bits per heavy atom. The number of aromatic nitrogens is 4. The first-order chi connectivity index (χ1) is 7.18. The van der Waals surface area contributed by atoms with Gasteiger partial charge < -0.3 is 0 Å². The zero-order chi connectivity index (χ0) is 10.8. The van der Waals surface area contributed by atoms with Gasteiger partial charge in [-0.05, 0) is 28.1 Å². The summed E-state index contributed by atoms with van der Waals surface area (Å²) in [7, 11) is 0. The van der Waals surface area contributed by atoms with E-state index in [2.05, 4.69) is 44.8 Å². The standard InChI is InChI=1S/C10H11BrN4/c1-7(2)10-13-6-14-15(10)9-4-3-8(11)5-12-9/h3-7H,1-2H3. The average Bonchev–Trinajstić information content (AvgIpc) is 2.67. The highest BCUT2D eigenvalue weighted by Gasteiger charge is 2.10. The Hall–Kier alpha value is -1.23. The molecule has 2 rings (SSSR count). The monoisotopic (exact) mass is 266 g/mol. The van der Waals surface area contributed by atoms with Gasteiger partial charge in [0.1, 0.15) is 12.2 Å². The van der Waals surface area contributed by atoms with E-state index >= 15 is 0 Å². The fourth-order valence-electron chi connectivity index (χ4n) is 1.31. The number of nitrogens with zero attached hydrogens (tertiary/aromatic N) is 4. The maximum Gasteiger partial charge on any atom is 0.155 e. The molecular weight excluding hydrogens is 256 g/mol. The summed E-state index contributed by atoms with van der Waals surface area (Å²) in [4.78, 5) is 8.49. The third kappa shape index (κ3) is 2.07. The number of halogens is 1. The minimum Gasteiger partial charge on any atom is -0.236 e. The van der Waals surface area contributed by atoms with Crippen LogP contribution in [0.1, 0.15) is 25.6 Å². The van der Waals surface area contributed by atoms with Crippen molar-refractivity contribution in [2.45, 2.75) is 19.8 Å². The van der Waals surface area contributed by atoms with Crippen LogP contribution in [0.25, 0.3) is 5.82 Å². The van der Waals surface area contributed by atoms with Crippen molar-refractivity contribution in [3.8, 4) is 5.82 Å². The van der Waals surface area contributed by atoms with Crippen LogP contribution in [0.15, 0.2) is 29.1 Å². The molecule has 0 radical (unpaired) electrons. The Morgan fingerprint density at radius 2 is 2.07 bits per heavy atom. The molecule has 0 amide bonds. The minimum atomic E-state index is 0.331. The smallest absolute Gasteiger partial charge is 0.155 e. The summed E-state index contributed by atoms with van der Waals surface area (Å²) >= 11 is 3.35. The average molecular weight is 267 g/mol. The van der Waals surface area contributed by atoms with E-state index in [1.54, 1.807) is 17.2 Å². The van der Waals surface area contributed by atoms with Crippen molar-refractivity contribution in [1.82, 2.24) is 19.7 Å². The molecule has 15 heavy (non-hydrogen) atoms. The molecule has 0 atom stereocenters. The summed E-state index contributed by atoms with van der Waals surface area (Å²) in [6, 6.07) is 3.85. The number of rotatable bonds is 2. The van der Waals surface area contributed by atoms with E-state index in [9.17, 15) is 0 Å². The van der Waals surface area contributed by atoms with E-state index in [-0.39, 0.29) is 0 Å². The molecule has 0 spiro atoms. The van der Waals surface area contributed by atoms with Crippen LogP contribution < -0.4 is 0 Å². The van der Waals surface area contributed by atoms with Gasteiger partial charge in [0.15, 0.2) is 5.82 Å². The van der Waals surface area contributed by atoms with Gasteiger partial charge in [-0.1, -0.05) is 13.8 Å². The molecule has 0 aliphatic rings. The Bertz CT molecular complexity index is 447. The Balaban J connectivity index is 2.45. The van der Waals surface area contributed by atoms with Crippen LogP contribution in [-0.2, 0) is 0 Å². The first kappa shape index (κ1) is 10.3. The molecule has 0 N–H and O–H groups in total. The zero-order valence-electron chi connectivity index (χ0n) is 8.55. The number of pyridine rings is 1. The van der Waals surface area contributed by atoms with Gasteiger partial charge in [-0.3, -0.25) is 0 Å². The van der Waals surface area contributed by atoms with Gasteiger partial charge >= 0.3 is 0 Å². The summed E-state index contributed by atoms with van der Waals surface area (Å²) in [5, 5.41) is 4.17. The molecule has 0 saturated heterocycles.